The van der Waals surface area contributed by atoms with Gasteiger partial charge < -0.3 is 4.52 Å². The molecule has 148 valence electrons. The van der Waals surface area contributed by atoms with Crippen molar-refractivity contribution in [3.63, 3.8) is 0 Å². The molecule has 3 aromatic carbocycles. The van der Waals surface area contributed by atoms with Crippen molar-refractivity contribution in [1.29, 1.82) is 0 Å². The molecule has 2 N–H and O–H groups in total. The number of nitro groups is 1. The Labute approximate surface area is 169 Å². The van der Waals surface area contributed by atoms with Crippen molar-refractivity contribution in [2.45, 2.75) is 0 Å². The SMILES string of the molecule is O=C(NNC(=O)c1ccc2noc(-c3ccccc3)c2c1)c1ccc([N+](=O)[O-])cc1. The second kappa shape index (κ2) is 7.84. The fourth-order valence-electron chi connectivity index (χ4n) is 2.87. The number of nitrogens with one attached hydrogen (secondary N) is 2. The number of benzene rings is 3. The van der Waals surface area contributed by atoms with Gasteiger partial charge in [0.25, 0.3) is 17.5 Å². The van der Waals surface area contributed by atoms with Crippen LogP contribution in [0.4, 0.5) is 5.69 Å². The third-order valence-corrected chi connectivity index (χ3v) is 4.40. The average Bonchev–Trinajstić information content (AvgIpc) is 3.21. The molecule has 4 aromatic rings. The Hall–Kier alpha value is -4.53. The molecule has 0 atom stereocenters. The number of rotatable bonds is 4. The summed E-state index contributed by atoms with van der Waals surface area (Å²) >= 11 is 0. The van der Waals surface area contributed by atoms with Crippen molar-refractivity contribution in [2.75, 3.05) is 0 Å². The lowest BCUT2D eigenvalue weighted by molar-refractivity contribution is -0.384. The maximum atomic E-state index is 12.5. The lowest BCUT2D eigenvalue weighted by Crippen LogP contribution is -2.41. The van der Waals surface area contributed by atoms with Crippen LogP contribution in [0.2, 0.25) is 0 Å². The molecule has 0 aliphatic rings. The summed E-state index contributed by atoms with van der Waals surface area (Å²) in [6.45, 7) is 0. The number of aromatic nitrogens is 1. The number of hydrogen-bond acceptors (Lipinski definition) is 6. The molecule has 0 radical (unpaired) electrons. The van der Waals surface area contributed by atoms with Gasteiger partial charge in [0, 0.05) is 28.8 Å². The van der Waals surface area contributed by atoms with Gasteiger partial charge in [-0.25, -0.2) is 0 Å². The molecule has 0 saturated carbocycles. The molecule has 2 amide bonds. The van der Waals surface area contributed by atoms with Gasteiger partial charge in [0.05, 0.1) is 10.3 Å². The molecule has 0 fully saturated rings. The highest BCUT2D eigenvalue weighted by Gasteiger charge is 2.15. The number of nitro benzene ring substituents is 1. The summed E-state index contributed by atoms with van der Waals surface area (Å²) in [5.41, 5.74) is 6.37. The molecule has 9 nitrogen and oxygen atoms in total. The molecule has 0 spiro atoms. The number of non-ortho nitro benzene ring substituents is 1. The molecule has 1 aromatic heterocycles. The zero-order valence-electron chi connectivity index (χ0n) is 15.4. The number of hydrogen-bond donors (Lipinski definition) is 2. The molecule has 0 unspecified atom stereocenters. The molecule has 0 saturated heterocycles. The van der Waals surface area contributed by atoms with Crippen molar-refractivity contribution in [1.82, 2.24) is 16.0 Å². The zero-order valence-corrected chi connectivity index (χ0v) is 15.4. The van der Waals surface area contributed by atoms with Gasteiger partial charge >= 0.3 is 0 Å². The standard InChI is InChI=1S/C21H14N4O5/c26-20(14-6-9-16(10-7-14)25(28)29)22-23-21(27)15-8-11-18-17(12-15)19(30-24-18)13-4-2-1-3-5-13/h1-12H,(H,22,26)(H,23,27). The van der Waals surface area contributed by atoms with Crippen molar-refractivity contribution in [3.05, 3.63) is 94.0 Å². The third kappa shape index (κ3) is 3.72. The van der Waals surface area contributed by atoms with E-state index < -0.39 is 16.7 Å². The van der Waals surface area contributed by atoms with Gasteiger partial charge in [-0.05, 0) is 30.3 Å². The van der Waals surface area contributed by atoms with Gasteiger partial charge in [-0.3, -0.25) is 30.6 Å². The van der Waals surface area contributed by atoms with Crippen LogP contribution < -0.4 is 10.9 Å². The van der Waals surface area contributed by atoms with Crippen molar-refractivity contribution >= 4 is 28.4 Å². The van der Waals surface area contributed by atoms with Crippen LogP contribution in [0.15, 0.2) is 77.3 Å². The Morgan fingerprint density at radius 1 is 0.867 bits per heavy atom. The summed E-state index contributed by atoms with van der Waals surface area (Å²) in [7, 11) is 0. The predicted octanol–water partition coefficient (Wildman–Crippen LogP) is 3.48. The van der Waals surface area contributed by atoms with Crippen LogP contribution in [0.25, 0.3) is 22.2 Å². The molecular weight excluding hydrogens is 388 g/mol. The molecule has 0 bridgehead atoms. The van der Waals surface area contributed by atoms with Crippen LogP contribution in [0.3, 0.4) is 0 Å². The van der Waals surface area contributed by atoms with Gasteiger partial charge in [-0.1, -0.05) is 35.5 Å². The molecule has 9 heteroatoms. The maximum absolute atomic E-state index is 12.5. The smallest absolute Gasteiger partial charge is 0.269 e. The van der Waals surface area contributed by atoms with E-state index in [1.165, 1.54) is 24.3 Å². The summed E-state index contributed by atoms with van der Waals surface area (Å²) in [4.78, 5) is 34.7. The number of fused-ring (bicyclic) bond motifs is 1. The number of carbonyl (C=O) groups excluding carboxylic acids is 2. The molecule has 1 heterocycles. The van der Waals surface area contributed by atoms with Gasteiger partial charge in [0.15, 0.2) is 5.76 Å². The number of hydrazine groups is 1. The Balaban J connectivity index is 1.49. The van der Waals surface area contributed by atoms with E-state index in [9.17, 15) is 19.7 Å². The first kappa shape index (κ1) is 18.8. The van der Waals surface area contributed by atoms with Gasteiger partial charge in [0.2, 0.25) is 0 Å². The van der Waals surface area contributed by atoms with E-state index in [1.807, 2.05) is 30.3 Å². The molecule has 4 rings (SSSR count). The van der Waals surface area contributed by atoms with E-state index >= 15 is 0 Å². The summed E-state index contributed by atoms with van der Waals surface area (Å²) < 4.78 is 5.42. The fourth-order valence-corrected chi connectivity index (χ4v) is 2.87. The second-order valence-electron chi connectivity index (χ2n) is 6.32. The van der Waals surface area contributed by atoms with E-state index in [0.717, 1.165) is 5.56 Å². The van der Waals surface area contributed by atoms with Crippen molar-refractivity contribution in [3.8, 4) is 11.3 Å². The Bertz CT molecular complexity index is 1250. The first-order valence-electron chi connectivity index (χ1n) is 8.83. The summed E-state index contributed by atoms with van der Waals surface area (Å²) in [5, 5.41) is 15.3. The topological polar surface area (TPSA) is 127 Å². The van der Waals surface area contributed by atoms with Crippen molar-refractivity contribution in [2.24, 2.45) is 0 Å². The third-order valence-electron chi connectivity index (χ3n) is 4.40. The van der Waals surface area contributed by atoms with Crippen LogP contribution in [0, 0.1) is 10.1 Å². The average molecular weight is 402 g/mol. The highest BCUT2D eigenvalue weighted by Crippen LogP contribution is 2.29. The Kier molecular flexibility index (Phi) is 4.92. The van der Waals surface area contributed by atoms with Crippen LogP contribution in [-0.2, 0) is 0 Å². The largest absolute Gasteiger partial charge is 0.355 e. The number of nitrogens with zero attached hydrogens (tertiary/aromatic N) is 2. The molecule has 30 heavy (non-hydrogen) atoms. The fraction of sp³-hybridized carbons (Fsp3) is 0. The quantitative estimate of drug-likeness (QED) is 0.397. The predicted molar refractivity (Wildman–Crippen MR) is 107 cm³/mol. The molecule has 0 aliphatic carbocycles. The van der Waals surface area contributed by atoms with Crippen LogP contribution in [-0.4, -0.2) is 21.9 Å². The van der Waals surface area contributed by atoms with Gasteiger partial charge in [0.1, 0.15) is 5.52 Å². The summed E-state index contributed by atoms with van der Waals surface area (Å²) in [6, 6.07) is 19.2. The van der Waals surface area contributed by atoms with E-state index in [-0.39, 0.29) is 11.3 Å². The second-order valence-corrected chi connectivity index (χ2v) is 6.32. The van der Waals surface area contributed by atoms with Crippen molar-refractivity contribution < 1.29 is 19.0 Å². The first-order chi connectivity index (χ1) is 14.5. The Morgan fingerprint density at radius 3 is 2.17 bits per heavy atom. The van der Waals surface area contributed by atoms with Crippen LogP contribution in [0.1, 0.15) is 20.7 Å². The maximum Gasteiger partial charge on any atom is 0.269 e. The lowest BCUT2D eigenvalue weighted by Gasteiger charge is -2.07. The van der Waals surface area contributed by atoms with Crippen LogP contribution >= 0.6 is 0 Å². The monoisotopic (exact) mass is 402 g/mol. The summed E-state index contributed by atoms with van der Waals surface area (Å²) in [5.74, 6) is -0.600. The molecule has 0 aliphatic heterocycles. The highest BCUT2D eigenvalue weighted by molar-refractivity contribution is 6.02. The van der Waals surface area contributed by atoms with Crippen LogP contribution in [0.5, 0.6) is 0 Å². The first-order valence-corrected chi connectivity index (χ1v) is 8.83. The van der Waals surface area contributed by atoms with E-state index in [2.05, 4.69) is 16.0 Å². The minimum Gasteiger partial charge on any atom is -0.355 e. The minimum atomic E-state index is -0.603. The zero-order chi connectivity index (χ0) is 21.1. The molecular formula is C21H14N4O5. The van der Waals surface area contributed by atoms with Gasteiger partial charge in [-0.2, -0.15) is 0 Å². The highest BCUT2D eigenvalue weighted by atomic mass is 16.6. The number of amides is 2. The minimum absolute atomic E-state index is 0.133. The number of carbonyl (C=O) groups is 2. The normalized spacial score (nSPS) is 10.5. The van der Waals surface area contributed by atoms with E-state index in [4.69, 9.17) is 4.52 Å². The Morgan fingerprint density at radius 2 is 1.50 bits per heavy atom. The lowest BCUT2D eigenvalue weighted by atomic mass is 10.1. The van der Waals surface area contributed by atoms with E-state index in [1.54, 1.807) is 18.2 Å². The van der Waals surface area contributed by atoms with Gasteiger partial charge in [-0.15, -0.1) is 0 Å². The summed E-state index contributed by atoms with van der Waals surface area (Å²) in [6.07, 6.45) is 0. The van der Waals surface area contributed by atoms with E-state index in [0.29, 0.717) is 22.2 Å².